The van der Waals surface area contributed by atoms with Gasteiger partial charge in [0.05, 0.1) is 24.6 Å². The number of carbonyl (C=O) groups is 1. The molecule has 0 aliphatic carbocycles. The fourth-order valence-corrected chi connectivity index (χ4v) is 2.73. The van der Waals surface area contributed by atoms with Crippen molar-refractivity contribution in [3.63, 3.8) is 0 Å². The van der Waals surface area contributed by atoms with Gasteiger partial charge in [-0.3, -0.25) is 14.4 Å². The van der Waals surface area contributed by atoms with Crippen LogP contribution >= 0.6 is 0 Å². The fourth-order valence-electron chi connectivity index (χ4n) is 2.73. The van der Waals surface area contributed by atoms with Crippen LogP contribution in [0.3, 0.4) is 0 Å². The number of hydrogen-bond acceptors (Lipinski definition) is 3. The number of aryl methyl sites for hydroxylation is 2. The van der Waals surface area contributed by atoms with Crippen molar-refractivity contribution in [1.29, 1.82) is 0 Å². The predicted octanol–water partition coefficient (Wildman–Crippen LogP) is 1.69. The molecule has 0 bridgehead atoms. The van der Waals surface area contributed by atoms with E-state index in [0.717, 1.165) is 0 Å². The van der Waals surface area contributed by atoms with Crippen LogP contribution in [-0.2, 0) is 24.8 Å². The van der Waals surface area contributed by atoms with Crippen LogP contribution in [0.15, 0.2) is 18.3 Å². The fraction of sp³-hybridized carbons (Fsp3) is 0.500. The van der Waals surface area contributed by atoms with Crippen molar-refractivity contribution in [3.05, 3.63) is 29.7 Å². The molecule has 1 aliphatic heterocycles. The molecule has 9 heteroatoms. The van der Waals surface area contributed by atoms with Crippen molar-refractivity contribution >= 4 is 11.7 Å². The van der Waals surface area contributed by atoms with Crippen LogP contribution in [0.1, 0.15) is 11.4 Å². The Hall–Kier alpha value is -2.32. The lowest BCUT2D eigenvalue weighted by atomic mass is 10.1. The van der Waals surface area contributed by atoms with Crippen molar-refractivity contribution in [2.45, 2.75) is 26.1 Å². The predicted molar refractivity (Wildman–Crippen MR) is 75.8 cm³/mol. The van der Waals surface area contributed by atoms with E-state index in [0.29, 0.717) is 17.2 Å². The normalized spacial score (nSPS) is 18.1. The van der Waals surface area contributed by atoms with Gasteiger partial charge < -0.3 is 0 Å². The Morgan fingerprint density at radius 1 is 1.39 bits per heavy atom. The molecule has 3 heterocycles. The zero-order valence-corrected chi connectivity index (χ0v) is 12.7. The molecule has 0 saturated carbocycles. The van der Waals surface area contributed by atoms with Gasteiger partial charge in [0, 0.05) is 31.5 Å². The lowest BCUT2D eigenvalue weighted by molar-refractivity contribution is -0.177. The topological polar surface area (TPSA) is 56.0 Å². The largest absolute Gasteiger partial charge is 0.395 e. The zero-order chi connectivity index (χ0) is 16.8. The summed E-state index contributed by atoms with van der Waals surface area (Å²) in [7, 11) is 1.69. The number of alkyl halides is 3. The maximum atomic E-state index is 13.1. The number of amides is 1. The molecular formula is C14H16F3N5O. The molecule has 6 nitrogen and oxygen atoms in total. The molecule has 0 saturated heterocycles. The average molecular weight is 327 g/mol. The van der Waals surface area contributed by atoms with Gasteiger partial charge in [-0.1, -0.05) is 0 Å². The first-order valence-corrected chi connectivity index (χ1v) is 7.14. The van der Waals surface area contributed by atoms with E-state index >= 15 is 0 Å². The van der Waals surface area contributed by atoms with E-state index in [1.54, 1.807) is 32.3 Å². The zero-order valence-electron chi connectivity index (χ0n) is 12.7. The highest BCUT2D eigenvalue weighted by Gasteiger charge is 2.45. The van der Waals surface area contributed by atoms with Crippen LogP contribution in [0.5, 0.6) is 0 Å². The van der Waals surface area contributed by atoms with E-state index in [1.165, 1.54) is 14.3 Å². The third-order valence-corrected chi connectivity index (χ3v) is 3.97. The second kappa shape index (κ2) is 5.39. The molecule has 0 radical (unpaired) electrons. The van der Waals surface area contributed by atoms with Crippen LogP contribution in [0.25, 0.3) is 0 Å². The summed E-state index contributed by atoms with van der Waals surface area (Å²) in [4.78, 5) is 13.7. The third kappa shape index (κ3) is 2.95. The van der Waals surface area contributed by atoms with Gasteiger partial charge in [-0.2, -0.15) is 23.4 Å². The maximum Gasteiger partial charge on any atom is 0.395 e. The van der Waals surface area contributed by atoms with E-state index in [-0.39, 0.29) is 19.5 Å². The summed E-state index contributed by atoms with van der Waals surface area (Å²) >= 11 is 0. The van der Waals surface area contributed by atoms with Crippen molar-refractivity contribution in [3.8, 4) is 0 Å². The van der Waals surface area contributed by atoms with E-state index in [2.05, 4.69) is 10.2 Å². The van der Waals surface area contributed by atoms with Gasteiger partial charge in [-0.15, -0.1) is 0 Å². The monoisotopic (exact) mass is 327 g/mol. The average Bonchev–Trinajstić information content (AvgIpc) is 3.01. The molecule has 1 aliphatic rings. The van der Waals surface area contributed by atoms with Crippen molar-refractivity contribution in [2.24, 2.45) is 13.0 Å². The molecule has 0 spiro atoms. The number of nitrogens with zero attached hydrogens (tertiary/aromatic N) is 5. The molecule has 0 N–H and O–H groups in total. The SMILES string of the molecule is Cc1cc2n(n1)CC(C(F)(F)F)CN2C(=O)Cc1ccnn1C. The van der Waals surface area contributed by atoms with E-state index in [9.17, 15) is 18.0 Å². The summed E-state index contributed by atoms with van der Waals surface area (Å²) in [5.41, 5.74) is 1.23. The van der Waals surface area contributed by atoms with Crippen molar-refractivity contribution in [2.75, 3.05) is 11.4 Å². The second-order valence-corrected chi connectivity index (χ2v) is 5.69. The number of anilines is 1. The van der Waals surface area contributed by atoms with Gasteiger partial charge in [0.15, 0.2) is 0 Å². The lowest BCUT2D eigenvalue weighted by Crippen LogP contribution is -2.47. The van der Waals surface area contributed by atoms with Crippen LogP contribution in [0.4, 0.5) is 19.0 Å². The second-order valence-electron chi connectivity index (χ2n) is 5.69. The summed E-state index contributed by atoms with van der Waals surface area (Å²) in [6.45, 7) is 1.05. The number of rotatable bonds is 2. The molecule has 1 atom stereocenters. The highest BCUT2D eigenvalue weighted by molar-refractivity contribution is 5.94. The van der Waals surface area contributed by atoms with Gasteiger partial charge >= 0.3 is 6.18 Å². The summed E-state index contributed by atoms with van der Waals surface area (Å²) < 4.78 is 42.2. The first-order chi connectivity index (χ1) is 10.8. The van der Waals surface area contributed by atoms with Crippen LogP contribution in [-0.4, -0.2) is 38.2 Å². The van der Waals surface area contributed by atoms with E-state index in [1.807, 2.05) is 0 Å². The Kier molecular flexibility index (Phi) is 3.65. The minimum absolute atomic E-state index is 0.00863. The first-order valence-electron chi connectivity index (χ1n) is 7.14. The Balaban J connectivity index is 1.90. The van der Waals surface area contributed by atoms with Crippen molar-refractivity contribution < 1.29 is 18.0 Å². The molecule has 0 aromatic carbocycles. The van der Waals surface area contributed by atoms with Gasteiger partial charge in [-0.25, -0.2) is 4.68 Å². The third-order valence-electron chi connectivity index (χ3n) is 3.97. The number of halogens is 3. The van der Waals surface area contributed by atoms with Crippen LogP contribution < -0.4 is 4.90 Å². The molecule has 3 rings (SSSR count). The minimum Gasteiger partial charge on any atom is -0.296 e. The minimum atomic E-state index is -4.37. The van der Waals surface area contributed by atoms with Crippen LogP contribution in [0, 0.1) is 12.8 Å². The summed E-state index contributed by atoms with van der Waals surface area (Å²) in [6, 6.07) is 3.30. The summed E-state index contributed by atoms with van der Waals surface area (Å²) in [5.74, 6) is -1.61. The maximum absolute atomic E-state index is 13.1. The molecule has 1 unspecified atom stereocenters. The van der Waals surface area contributed by atoms with Crippen LogP contribution in [0.2, 0.25) is 0 Å². The van der Waals surface area contributed by atoms with Gasteiger partial charge in [0.25, 0.3) is 0 Å². The Morgan fingerprint density at radius 2 is 2.13 bits per heavy atom. The van der Waals surface area contributed by atoms with Crippen molar-refractivity contribution in [1.82, 2.24) is 19.6 Å². The Labute approximate surface area is 130 Å². The quantitative estimate of drug-likeness (QED) is 0.843. The summed E-state index contributed by atoms with van der Waals surface area (Å²) in [5, 5.41) is 8.03. The highest BCUT2D eigenvalue weighted by Crippen LogP contribution is 2.34. The Bertz CT molecular complexity index is 733. The van der Waals surface area contributed by atoms with Gasteiger partial charge in [-0.05, 0) is 13.0 Å². The number of hydrogen-bond donors (Lipinski definition) is 0. The molecular weight excluding hydrogens is 311 g/mol. The molecule has 0 fully saturated rings. The lowest BCUT2D eigenvalue weighted by Gasteiger charge is -2.34. The molecule has 2 aromatic rings. The molecule has 2 aromatic heterocycles. The smallest absolute Gasteiger partial charge is 0.296 e. The number of carbonyl (C=O) groups excluding carboxylic acids is 1. The number of fused-ring (bicyclic) bond motifs is 1. The Morgan fingerprint density at radius 3 is 2.74 bits per heavy atom. The van der Waals surface area contributed by atoms with Gasteiger partial charge in [0.1, 0.15) is 5.82 Å². The summed E-state index contributed by atoms with van der Waals surface area (Å²) in [6.07, 6.45) is -2.83. The van der Waals surface area contributed by atoms with Gasteiger partial charge in [0.2, 0.25) is 5.91 Å². The van der Waals surface area contributed by atoms with E-state index < -0.39 is 18.0 Å². The number of aromatic nitrogens is 4. The highest BCUT2D eigenvalue weighted by atomic mass is 19.4. The van der Waals surface area contributed by atoms with E-state index in [4.69, 9.17) is 0 Å². The first kappa shape index (κ1) is 15.6. The standard InChI is InChI=1S/C14H16F3N5O/c1-9-5-12-21(13(23)6-11-3-4-18-20(11)2)7-10(14(15,16)17)8-22(12)19-9/h3-5,10H,6-8H2,1-2H3. The molecule has 124 valence electrons. The molecule has 23 heavy (non-hydrogen) atoms. The molecule has 1 amide bonds.